The van der Waals surface area contributed by atoms with Gasteiger partial charge in [-0.15, -0.1) is 0 Å². The zero-order valence-electron chi connectivity index (χ0n) is 8.07. The highest BCUT2D eigenvalue weighted by molar-refractivity contribution is 5.55. The molecule has 4 heteroatoms. The highest BCUT2D eigenvalue weighted by atomic mass is 16.5. The van der Waals surface area contributed by atoms with Crippen LogP contribution in [0.4, 0.5) is 0 Å². The van der Waals surface area contributed by atoms with E-state index in [2.05, 4.69) is 0 Å². The minimum atomic E-state index is -0.371. The first kappa shape index (κ1) is 10.6. The van der Waals surface area contributed by atoms with Gasteiger partial charge < -0.3 is 9.47 Å². The Bertz CT molecular complexity index is 146. The summed E-state index contributed by atoms with van der Waals surface area (Å²) in [6.07, 6.45) is 1.43. The van der Waals surface area contributed by atoms with E-state index in [1.807, 2.05) is 11.8 Å². The molecule has 13 heavy (non-hydrogen) atoms. The van der Waals surface area contributed by atoms with Crippen LogP contribution < -0.4 is 0 Å². The van der Waals surface area contributed by atoms with Gasteiger partial charge in [0.15, 0.2) is 12.5 Å². The summed E-state index contributed by atoms with van der Waals surface area (Å²) in [5, 5.41) is 0. The van der Waals surface area contributed by atoms with Gasteiger partial charge in [0.1, 0.15) is 0 Å². The number of carbonyl (C=O) groups is 1. The van der Waals surface area contributed by atoms with Crippen molar-refractivity contribution in [2.24, 2.45) is 0 Å². The van der Waals surface area contributed by atoms with Gasteiger partial charge in [0.05, 0.1) is 13.2 Å². The van der Waals surface area contributed by atoms with Crippen LogP contribution >= 0.6 is 0 Å². The Morgan fingerprint density at radius 1 is 1.54 bits per heavy atom. The van der Waals surface area contributed by atoms with Gasteiger partial charge in [0, 0.05) is 19.7 Å². The minimum absolute atomic E-state index is 0.371. The number of rotatable bonds is 5. The molecule has 1 atom stereocenters. The first-order valence-corrected chi connectivity index (χ1v) is 4.77. The number of hydrogen-bond acceptors (Lipinski definition) is 4. The Morgan fingerprint density at radius 2 is 2.23 bits per heavy atom. The summed E-state index contributed by atoms with van der Waals surface area (Å²) in [6, 6.07) is 0. The van der Waals surface area contributed by atoms with E-state index >= 15 is 0 Å². The second-order valence-electron chi connectivity index (χ2n) is 3.05. The Kier molecular flexibility index (Phi) is 4.97. The van der Waals surface area contributed by atoms with E-state index in [4.69, 9.17) is 9.47 Å². The smallest absolute Gasteiger partial charge is 0.167 e. The molecule has 0 aromatic carbocycles. The minimum Gasteiger partial charge on any atom is -0.379 e. The maximum atomic E-state index is 10.7. The van der Waals surface area contributed by atoms with Crippen LogP contribution in [0.25, 0.3) is 0 Å². The molecule has 0 radical (unpaired) electrons. The fraction of sp³-hybridized carbons (Fsp3) is 0.889. The van der Waals surface area contributed by atoms with Gasteiger partial charge in [0.25, 0.3) is 0 Å². The Labute approximate surface area is 78.8 Å². The molecule has 0 aromatic rings. The monoisotopic (exact) mass is 187 g/mol. The average Bonchev–Trinajstić information content (AvgIpc) is 2.21. The average molecular weight is 187 g/mol. The van der Waals surface area contributed by atoms with Gasteiger partial charge in [-0.05, 0) is 6.42 Å². The molecule has 0 aromatic heterocycles. The number of carbonyl (C=O) groups excluding carboxylic acids is 1. The summed E-state index contributed by atoms with van der Waals surface area (Å²) >= 11 is 0. The van der Waals surface area contributed by atoms with Crippen molar-refractivity contribution in [3.8, 4) is 0 Å². The number of aldehydes is 1. The molecule has 1 rings (SSSR count). The van der Waals surface area contributed by atoms with Crippen molar-refractivity contribution in [1.29, 1.82) is 0 Å². The van der Waals surface area contributed by atoms with Crippen molar-refractivity contribution in [2.45, 2.75) is 19.6 Å². The molecule has 1 aliphatic heterocycles. The standard InChI is InChI=1S/C9H17NO3/c1-2-5-13-9(8-11)10-3-6-12-7-4-10/h8-9H,2-7H2,1H3. The molecule has 76 valence electrons. The van der Waals surface area contributed by atoms with E-state index in [1.54, 1.807) is 0 Å². The lowest BCUT2D eigenvalue weighted by molar-refractivity contribution is -0.137. The van der Waals surface area contributed by atoms with E-state index in [0.29, 0.717) is 19.8 Å². The predicted molar refractivity (Wildman–Crippen MR) is 48.5 cm³/mol. The maximum Gasteiger partial charge on any atom is 0.167 e. The van der Waals surface area contributed by atoms with Crippen molar-refractivity contribution in [3.63, 3.8) is 0 Å². The van der Waals surface area contributed by atoms with E-state index in [0.717, 1.165) is 25.8 Å². The van der Waals surface area contributed by atoms with Gasteiger partial charge in [-0.1, -0.05) is 6.92 Å². The number of ether oxygens (including phenoxy) is 2. The zero-order chi connectivity index (χ0) is 9.52. The number of nitrogens with zero attached hydrogens (tertiary/aromatic N) is 1. The molecule has 1 heterocycles. The fourth-order valence-corrected chi connectivity index (χ4v) is 1.30. The molecule has 0 amide bonds. The lowest BCUT2D eigenvalue weighted by Gasteiger charge is -2.30. The Hall–Kier alpha value is -0.450. The number of hydrogen-bond donors (Lipinski definition) is 0. The van der Waals surface area contributed by atoms with Crippen LogP contribution in [-0.4, -0.2) is 50.3 Å². The summed E-state index contributed by atoms with van der Waals surface area (Å²) in [5.41, 5.74) is 0. The highest BCUT2D eigenvalue weighted by Crippen LogP contribution is 2.03. The van der Waals surface area contributed by atoms with Crippen LogP contribution in [-0.2, 0) is 14.3 Å². The molecule has 1 saturated heterocycles. The van der Waals surface area contributed by atoms with Crippen molar-refractivity contribution < 1.29 is 14.3 Å². The lowest BCUT2D eigenvalue weighted by Crippen LogP contribution is -2.45. The van der Waals surface area contributed by atoms with Crippen LogP contribution in [0.1, 0.15) is 13.3 Å². The first-order valence-electron chi connectivity index (χ1n) is 4.77. The molecule has 0 saturated carbocycles. The fourth-order valence-electron chi connectivity index (χ4n) is 1.30. The normalized spacial score (nSPS) is 21.3. The third kappa shape index (κ3) is 3.42. The lowest BCUT2D eigenvalue weighted by atomic mass is 10.4. The molecular formula is C9H17NO3. The quantitative estimate of drug-likeness (QED) is 0.579. The third-order valence-electron chi connectivity index (χ3n) is 2.01. The van der Waals surface area contributed by atoms with Crippen LogP contribution in [0.15, 0.2) is 0 Å². The molecule has 0 spiro atoms. The second-order valence-corrected chi connectivity index (χ2v) is 3.05. The first-order chi connectivity index (χ1) is 6.38. The van der Waals surface area contributed by atoms with E-state index in [-0.39, 0.29) is 6.23 Å². The van der Waals surface area contributed by atoms with E-state index in [9.17, 15) is 4.79 Å². The molecule has 4 nitrogen and oxygen atoms in total. The molecule has 1 unspecified atom stereocenters. The van der Waals surface area contributed by atoms with Gasteiger partial charge in [-0.2, -0.15) is 0 Å². The van der Waals surface area contributed by atoms with Gasteiger partial charge >= 0.3 is 0 Å². The van der Waals surface area contributed by atoms with Gasteiger partial charge in [-0.3, -0.25) is 9.69 Å². The molecule has 1 fully saturated rings. The highest BCUT2D eigenvalue weighted by Gasteiger charge is 2.20. The van der Waals surface area contributed by atoms with Crippen molar-refractivity contribution >= 4 is 6.29 Å². The van der Waals surface area contributed by atoms with E-state index in [1.165, 1.54) is 0 Å². The zero-order valence-corrected chi connectivity index (χ0v) is 8.07. The Balaban J connectivity index is 2.30. The van der Waals surface area contributed by atoms with Crippen LogP contribution in [0.3, 0.4) is 0 Å². The van der Waals surface area contributed by atoms with Crippen molar-refractivity contribution in [3.05, 3.63) is 0 Å². The third-order valence-corrected chi connectivity index (χ3v) is 2.01. The summed E-state index contributed by atoms with van der Waals surface area (Å²) < 4.78 is 10.6. The molecule has 0 bridgehead atoms. The van der Waals surface area contributed by atoms with Crippen LogP contribution in [0.2, 0.25) is 0 Å². The van der Waals surface area contributed by atoms with Crippen molar-refractivity contribution in [2.75, 3.05) is 32.9 Å². The summed E-state index contributed by atoms with van der Waals surface area (Å²) in [6.45, 7) is 5.63. The van der Waals surface area contributed by atoms with Crippen LogP contribution in [0, 0.1) is 0 Å². The van der Waals surface area contributed by atoms with Crippen LogP contribution in [0.5, 0.6) is 0 Å². The summed E-state index contributed by atoms with van der Waals surface area (Å²) in [4.78, 5) is 12.7. The molecule has 1 aliphatic rings. The van der Waals surface area contributed by atoms with Gasteiger partial charge in [0.2, 0.25) is 0 Å². The largest absolute Gasteiger partial charge is 0.379 e. The molecule has 0 N–H and O–H groups in total. The summed E-state index contributed by atoms with van der Waals surface area (Å²) in [5.74, 6) is 0. The number of morpholine rings is 1. The maximum absolute atomic E-state index is 10.7. The molecular weight excluding hydrogens is 170 g/mol. The predicted octanol–water partition coefficient (Wildman–Crippen LogP) is 0.270. The van der Waals surface area contributed by atoms with Gasteiger partial charge in [-0.25, -0.2) is 0 Å². The van der Waals surface area contributed by atoms with E-state index < -0.39 is 0 Å². The SMILES string of the molecule is CCCOC(C=O)N1CCOCC1. The second kappa shape index (κ2) is 6.07. The van der Waals surface area contributed by atoms with Crippen molar-refractivity contribution in [1.82, 2.24) is 4.90 Å². The topological polar surface area (TPSA) is 38.8 Å². The Morgan fingerprint density at radius 3 is 2.77 bits per heavy atom. The summed E-state index contributed by atoms with van der Waals surface area (Å²) in [7, 11) is 0. The molecule has 0 aliphatic carbocycles.